The van der Waals surface area contributed by atoms with E-state index in [0.29, 0.717) is 0 Å². The second kappa shape index (κ2) is 6.54. The van der Waals surface area contributed by atoms with Gasteiger partial charge in [-0.05, 0) is 43.2 Å². The SMILES string of the molecule is CCCc1nc2c(C)cc(-c3nc4ccccc4n3C)cc2n1CC(=O)O. The number of carbonyl (C=O) groups is 1. The van der Waals surface area contributed by atoms with Gasteiger partial charge in [0.1, 0.15) is 18.2 Å². The van der Waals surface area contributed by atoms with Crippen molar-refractivity contribution in [3.63, 3.8) is 0 Å². The molecule has 0 aliphatic heterocycles. The third-order valence-corrected chi connectivity index (χ3v) is 4.94. The molecular weight excluding hydrogens is 340 g/mol. The number of fused-ring (bicyclic) bond motifs is 2. The zero-order chi connectivity index (χ0) is 19.1. The molecule has 0 aliphatic carbocycles. The van der Waals surface area contributed by atoms with Gasteiger partial charge in [-0.25, -0.2) is 9.97 Å². The van der Waals surface area contributed by atoms with Crippen LogP contribution in [0.5, 0.6) is 0 Å². The quantitative estimate of drug-likeness (QED) is 0.584. The zero-order valence-corrected chi connectivity index (χ0v) is 15.7. The lowest BCUT2D eigenvalue weighted by atomic mass is 10.1. The average Bonchev–Trinajstić information content (AvgIpc) is 3.14. The van der Waals surface area contributed by atoms with E-state index >= 15 is 0 Å². The van der Waals surface area contributed by atoms with Crippen LogP contribution < -0.4 is 0 Å². The monoisotopic (exact) mass is 362 g/mol. The summed E-state index contributed by atoms with van der Waals surface area (Å²) < 4.78 is 3.89. The van der Waals surface area contributed by atoms with Crippen molar-refractivity contribution in [1.29, 1.82) is 0 Å². The Morgan fingerprint density at radius 3 is 2.63 bits per heavy atom. The first-order chi connectivity index (χ1) is 13.0. The normalized spacial score (nSPS) is 11.5. The molecule has 2 aromatic heterocycles. The van der Waals surface area contributed by atoms with Gasteiger partial charge in [0.2, 0.25) is 0 Å². The topological polar surface area (TPSA) is 72.9 Å². The van der Waals surface area contributed by atoms with Crippen LogP contribution >= 0.6 is 0 Å². The highest BCUT2D eigenvalue weighted by atomic mass is 16.4. The molecule has 0 atom stereocenters. The van der Waals surface area contributed by atoms with Gasteiger partial charge in [-0.3, -0.25) is 4.79 Å². The summed E-state index contributed by atoms with van der Waals surface area (Å²) >= 11 is 0. The molecule has 0 radical (unpaired) electrons. The first kappa shape index (κ1) is 17.3. The number of hydrogen-bond acceptors (Lipinski definition) is 3. The van der Waals surface area contributed by atoms with Crippen molar-refractivity contribution < 1.29 is 9.90 Å². The number of imidazole rings is 2. The van der Waals surface area contributed by atoms with E-state index in [-0.39, 0.29) is 6.54 Å². The summed E-state index contributed by atoms with van der Waals surface area (Å²) in [6.07, 6.45) is 1.67. The zero-order valence-electron chi connectivity index (χ0n) is 15.7. The highest BCUT2D eigenvalue weighted by Crippen LogP contribution is 2.30. The number of benzene rings is 2. The van der Waals surface area contributed by atoms with E-state index in [9.17, 15) is 9.90 Å². The number of carboxylic acid groups (broad SMARTS) is 1. The van der Waals surface area contributed by atoms with Crippen molar-refractivity contribution in [1.82, 2.24) is 19.1 Å². The molecule has 27 heavy (non-hydrogen) atoms. The van der Waals surface area contributed by atoms with Gasteiger partial charge < -0.3 is 14.2 Å². The molecule has 0 bridgehead atoms. The van der Waals surface area contributed by atoms with Crippen LogP contribution in [-0.4, -0.2) is 30.2 Å². The fourth-order valence-electron chi connectivity index (χ4n) is 3.70. The van der Waals surface area contributed by atoms with Gasteiger partial charge in [-0.15, -0.1) is 0 Å². The summed E-state index contributed by atoms with van der Waals surface area (Å²) in [6.45, 7) is 4.00. The molecule has 2 heterocycles. The summed E-state index contributed by atoms with van der Waals surface area (Å²) in [7, 11) is 2.00. The molecule has 2 aromatic carbocycles. The molecule has 0 saturated carbocycles. The van der Waals surface area contributed by atoms with E-state index < -0.39 is 5.97 Å². The van der Waals surface area contributed by atoms with E-state index in [4.69, 9.17) is 9.97 Å². The number of aromatic nitrogens is 4. The number of rotatable bonds is 5. The summed E-state index contributed by atoms with van der Waals surface area (Å²) in [5, 5.41) is 9.37. The van der Waals surface area contributed by atoms with Crippen molar-refractivity contribution >= 4 is 28.0 Å². The standard InChI is InChI=1S/C21H22N4O2/c1-4-7-18-23-20-13(2)10-14(11-17(20)25(18)12-19(26)27)21-22-15-8-5-6-9-16(15)24(21)3/h5-6,8-11H,4,7,12H2,1-3H3,(H,26,27). The molecule has 4 rings (SSSR count). The van der Waals surface area contributed by atoms with Gasteiger partial charge in [0.05, 0.1) is 22.1 Å². The van der Waals surface area contributed by atoms with Crippen LogP contribution in [0.2, 0.25) is 0 Å². The van der Waals surface area contributed by atoms with Crippen molar-refractivity contribution in [2.24, 2.45) is 7.05 Å². The Labute approximate surface area is 157 Å². The highest BCUT2D eigenvalue weighted by molar-refractivity contribution is 5.88. The Kier molecular flexibility index (Phi) is 4.18. The van der Waals surface area contributed by atoms with Crippen molar-refractivity contribution in [2.75, 3.05) is 0 Å². The summed E-state index contributed by atoms with van der Waals surface area (Å²) in [5.74, 6) is 0.818. The van der Waals surface area contributed by atoms with Crippen LogP contribution in [0.25, 0.3) is 33.5 Å². The molecule has 4 aromatic rings. The number of aryl methyl sites for hydroxylation is 3. The number of aliphatic carboxylic acids is 1. The Bertz CT molecular complexity index is 1170. The largest absolute Gasteiger partial charge is 0.480 e. The second-order valence-electron chi connectivity index (χ2n) is 6.90. The number of para-hydroxylation sites is 2. The first-order valence-electron chi connectivity index (χ1n) is 9.13. The molecule has 0 amide bonds. The third kappa shape index (κ3) is 2.87. The molecule has 0 saturated heterocycles. The average molecular weight is 362 g/mol. The van der Waals surface area contributed by atoms with Crippen LogP contribution in [0.15, 0.2) is 36.4 Å². The first-order valence-corrected chi connectivity index (χ1v) is 9.13. The van der Waals surface area contributed by atoms with Crippen LogP contribution in [0, 0.1) is 6.92 Å². The molecule has 138 valence electrons. The summed E-state index contributed by atoms with van der Waals surface area (Å²) in [6, 6.07) is 12.1. The van der Waals surface area contributed by atoms with Crippen molar-refractivity contribution in [3.8, 4) is 11.4 Å². The smallest absolute Gasteiger partial charge is 0.323 e. The lowest BCUT2D eigenvalue weighted by molar-refractivity contribution is -0.137. The summed E-state index contributed by atoms with van der Waals surface area (Å²) in [4.78, 5) is 20.9. The maximum absolute atomic E-state index is 11.4. The van der Waals surface area contributed by atoms with Crippen molar-refractivity contribution in [2.45, 2.75) is 33.2 Å². The van der Waals surface area contributed by atoms with Gasteiger partial charge in [0.25, 0.3) is 0 Å². The van der Waals surface area contributed by atoms with Crippen LogP contribution in [0.3, 0.4) is 0 Å². The maximum atomic E-state index is 11.4. The fraction of sp³-hybridized carbons (Fsp3) is 0.286. The van der Waals surface area contributed by atoms with Crippen molar-refractivity contribution in [3.05, 3.63) is 47.8 Å². The predicted octanol–water partition coefficient (Wildman–Crippen LogP) is 3.94. The van der Waals surface area contributed by atoms with E-state index in [1.54, 1.807) is 0 Å². The molecule has 0 unspecified atom stereocenters. The maximum Gasteiger partial charge on any atom is 0.323 e. The van der Waals surface area contributed by atoms with Crippen LogP contribution in [0.1, 0.15) is 24.7 Å². The van der Waals surface area contributed by atoms with Crippen LogP contribution in [-0.2, 0) is 24.8 Å². The lowest BCUT2D eigenvalue weighted by Gasteiger charge is -2.08. The molecule has 0 spiro atoms. The fourth-order valence-corrected chi connectivity index (χ4v) is 3.70. The predicted molar refractivity (Wildman–Crippen MR) is 106 cm³/mol. The molecule has 0 fully saturated rings. The molecule has 6 heteroatoms. The van der Waals surface area contributed by atoms with E-state index in [0.717, 1.165) is 57.7 Å². The van der Waals surface area contributed by atoms with E-state index in [2.05, 4.69) is 17.6 Å². The number of carboxylic acids is 1. The Balaban J connectivity index is 1.96. The highest BCUT2D eigenvalue weighted by Gasteiger charge is 2.17. The van der Waals surface area contributed by atoms with Gasteiger partial charge in [-0.1, -0.05) is 19.1 Å². The van der Waals surface area contributed by atoms with Gasteiger partial charge in [-0.2, -0.15) is 0 Å². The Morgan fingerprint density at radius 2 is 1.93 bits per heavy atom. The molecule has 6 nitrogen and oxygen atoms in total. The van der Waals surface area contributed by atoms with E-state index in [1.165, 1.54) is 0 Å². The number of hydrogen-bond donors (Lipinski definition) is 1. The van der Waals surface area contributed by atoms with Gasteiger partial charge in [0.15, 0.2) is 0 Å². The van der Waals surface area contributed by atoms with E-state index in [1.807, 2.05) is 48.9 Å². The van der Waals surface area contributed by atoms with Crippen LogP contribution in [0.4, 0.5) is 0 Å². The lowest BCUT2D eigenvalue weighted by Crippen LogP contribution is -2.12. The Hall–Kier alpha value is -3.15. The minimum absolute atomic E-state index is 0.0860. The molecule has 0 aliphatic rings. The minimum atomic E-state index is -0.863. The molecule has 1 N–H and O–H groups in total. The number of nitrogens with zero attached hydrogens (tertiary/aromatic N) is 4. The van der Waals surface area contributed by atoms with Gasteiger partial charge in [0, 0.05) is 19.0 Å². The molecular formula is C21H22N4O2. The van der Waals surface area contributed by atoms with Gasteiger partial charge >= 0.3 is 5.97 Å². The third-order valence-electron chi connectivity index (χ3n) is 4.94. The Morgan fingerprint density at radius 1 is 1.15 bits per heavy atom. The minimum Gasteiger partial charge on any atom is -0.480 e. The summed E-state index contributed by atoms with van der Waals surface area (Å²) in [5.41, 5.74) is 5.71. The second-order valence-corrected chi connectivity index (χ2v) is 6.90.